The molecule has 0 spiro atoms. The average Bonchev–Trinajstić information content (AvgIpc) is 3.18. The Labute approximate surface area is 212 Å². The van der Waals surface area contributed by atoms with E-state index in [-0.39, 0.29) is 17.4 Å². The lowest BCUT2D eigenvalue weighted by Crippen LogP contribution is -2.58. The summed E-state index contributed by atoms with van der Waals surface area (Å²) >= 11 is 0. The molecule has 0 aromatic heterocycles. The van der Waals surface area contributed by atoms with Crippen LogP contribution in [0.25, 0.3) is 5.70 Å². The summed E-state index contributed by atoms with van der Waals surface area (Å²) in [4.78, 5) is 57.9. The van der Waals surface area contributed by atoms with Crippen LogP contribution in [0.15, 0.2) is 83.4 Å². The second-order valence-electron chi connectivity index (χ2n) is 9.24. The van der Waals surface area contributed by atoms with E-state index in [1.54, 1.807) is 55.6 Å². The Balaban J connectivity index is 1.45. The maximum absolute atomic E-state index is 13.6. The minimum Gasteiger partial charge on any atom is -0.423 e. The molecule has 3 aromatic carbocycles. The largest absolute Gasteiger partial charge is 0.423 e. The molecule has 3 aromatic rings. The molecule has 182 valence electrons. The number of esters is 1. The minimum absolute atomic E-state index is 0.215. The van der Waals surface area contributed by atoms with Gasteiger partial charge in [-0.3, -0.25) is 19.8 Å². The number of allylic oxidation sites excluding steroid dienone is 1. The summed E-state index contributed by atoms with van der Waals surface area (Å²) in [5.74, 6) is -2.38. The van der Waals surface area contributed by atoms with Gasteiger partial charge in [0.25, 0.3) is 0 Å². The molecule has 1 fully saturated rings. The number of amidine groups is 1. The van der Waals surface area contributed by atoms with Crippen molar-refractivity contribution in [2.24, 2.45) is 10.9 Å². The maximum Gasteiger partial charge on any atom is 0.343 e. The highest BCUT2D eigenvalue weighted by Crippen LogP contribution is 2.49. The number of aryl methyl sites for hydroxylation is 1. The van der Waals surface area contributed by atoms with Crippen molar-refractivity contribution in [3.63, 3.8) is 0 Å². The molecule has 2 unspecified atom stereocenters. The molecule has 2 atom stereocenters. The highest BCUT2D eigenvalue weighted by molar-refractivity contribution is 6.27. The first-order valence-electron chi connectivity index (χ1n) is 11.8. The first-order valence-corrected chi connectivity index (χ1v) is 11.8. The Bertz CT molecular complexity index is 1590. The zero-order chi connectivity index (χ0) is 25.8. The quantitative estimate of drug-likeness (QED) is 0.438. The monoisotopic (exact) mass is 491 g/mol. The van der Waals surface area contributed by atoms with E-state index < -0.39 is 29.7 Å². The summed E-state index contributed by atoms with van der Waals surface area (Å²) in [6.07, 6.45) is 0. The van der Waals surface area contributed by atoms with Gasteiger partial charge in [0.2, 0.25) is 5.91 Å². The topological polar surface area (TPSA) is 105 Å². The molecule has 0 bridgehead atoms. The molecule has 2 heterocycles. The zero-order valence-electron chi connectivity index (χ0n) is 20.0. The predicted octanol–water partition coefficient (Wildman–Crippen LogP) is 4.12. The zero-order valence-corrected chi connectivity index (χ0v) is 20.0. The van der Waals surface area contributed by atoms with Crippen LogP contribution in [0.5, 0.6) is 5.75 Å². The van der Waals surface area contributed by atoms with Gasteiger partial charge in [0.1, 0.15) is 17.5 Å². The molecule has 8 heteroatoms. The number of ketones is 1. The van der Waals surface area contributed by atoms with Crippen LogP contribution >= 0.6 is 0 Å². The maximum atomic E-state index is 13.6. The molecule has 3 amide bonds. The fourth-order valence-electron chi connectivity index (χ4n) is 5.10. The summed E-state index contributed by atoms with van der Waals surface area (Å²) in [6.45, 7) is 1.93. The lowest BCUT2D eigenvalue weighted by atomic mass is 9.75. The van der Waals surface area contributed by atoms with Crippen LogP contribution in [0.2, 0.25) is 0 Å². The number of carbonyl (C=O) groups is 4. The van der Waals surface area contributed by atoms with Gasteiger partial charge < -0.3 is 4.74 Å². The molecule has 1 N–H and O–H groups in total. The van der Waals surface area contributed by atoms with Crippen LogP contribution in [0.3, 0.4) is 0 Å². The van der Waals surface area contributed by atoms with E-state index in [0.29, 0.717) is 33.5 Å². The van der Waals surface area contributed by atoms with Crippen LogP contribution in [-0.2, 0) is 4.79 Å². The van der Waals surface area contributed by atoms with E-state index >= 15 is 0 Å². The number of aliphatic imine (C=N–C) groups is 1. The van der Waals surface area contributed by atoms with Gasteiger partial charge in [0, 0.05) is 29.7 Å². The molecular weight excluding hydrogens is 470 g/mol. The van der Waals surface area contributed by atoms with Gasteiger partial charge in [-0.25, -0.2) is 14.6 Å². The van der Waals surface area contributed by atoms with Crippen LogP contribution in [-0.4, -0.2) is 41.5 Å². The standard InChI is InChI=1S/C29H21N3O5/c1-15-10-12-16(13-11-15)28(35)37-18-7-5-6-17(14-18)21-22-24(19-8-3-4-9-20(19)25(22)33)30-26-23(21)27(34)31-29(36)32(26)2/h3-14,21,23H,1-2H3,(H,31,34,36). The Kier molecular flexibility index (Phi) is 5.12. The summed E-state index contributed by atoms with van der Waals surface area (Å²) in [6, 6.07) is 20.4. The minimum atomic E-state index is -0.914. The van der Waals surface area contributed by atoms with E-state index in [4.69, 9.17) is 4.74 Å². The highest BCUT2D eigenvalue weighted by atomic mass is 16.5. The lowest BCUT2D eigenvalue weighted by Gasteiger charge is -2.38. The number of rotatable bonds is 3. The first-order chi connectivity index (χ1) is 17.8. The number of fused-ring (bicyclic) bond motifs is 3. The van der Waals surface area contributed by atoms with E-state index in [9.17, 15) is 19.2 Å². The molecule has 3 aliphatic rings. The van der Waals surface area contributed by atoms with Crippen molar-refractivity contribution < 1.29 is 23.9 Å². The van der Waals surface area contributed by atoms with Gasteiger partial charge >= 0.3 is 12.0 Å². The summed E-state index contributed by atoms with van der Waals surface area (Å²) in [5, 5.41) is 2.36. The first kappa shape index (κ1) is 22.6. The molecule has 0 saturated carbocycles. The number of imide groups is 1. The number of hydrogen-bond acceptors (Lipinski definition) is 6. The van der Waals surface area contributed by atoms with Gasteiger partial charge in [-0.2, -0.15) is 0 Å². The number of carbonyl (C=O) groups excluding carboxylic acids is 4. The van der Waals surface area contributed by atoms with Crippen molar-refractivity contribution in [2.75, 3.05) is 7.05 Å². The molecule has 37 heavy (non-hydrogen) atoms. The predicted molar refractivity (Wildman–Crippen MR) is 135 cm³/mol. The third-order valence-corrected chi connectivity index (χ3v) is 6.95. The van der Waals surface area contributed by atoms with Crippen molar-refractivity contribution in [2.45, 2.75) is 12.8 Å². The number of urea groups is 1. The summed E-state index contributed by atoms with van der Waals surface area (Å²) in [7, 11) is 1.54. The second kappa shape index (κ2) is 8.37. The van der Waals surface area contributed by atoms with Gasteiger partial charge in [-0.05, 0) is 36.8 Å². The Morgan fingerprint density at radius 3 is 2.41 bits per heavy atom. The van der Waals surface area contributed by atoms with Gasteiger partial charge in [-0.1, -0.05) is 54.1 Å². The molecule has 6 rings (SSSR count). The van der Waals surface area contributed by atoms with Crippen molar-refractivity contribution >= 4 is 35.2 Å². The molecule has 8 nitrogen and oxygen atoms in total. The fraction of sp³-hybridized carbons (Fsp3) is 0.138. The molecule has 0 radical (unpaired) electrons. The highest BCUT2D eigenvalue weighted by Gasteiger charge is 2.50. The van der Waals surface area contributed by atoms with E-state index in [1.807, 2.05) is 31.2 Å². The third-order valence-electron chi connectivity index (χ3n) is 6.95. The lowest BCUT2D eigenvalue weighted by molar-refractivity contribution is -0.123. The van der Waals surface area contributed by atoms with Crippen LogP contribution in [0.1, 0.15) is 43.3 Å². The van der Waals surface area contributed by atoms with E-state index in [2.05, 4.69) is 10.3 Å². The number of benzene rings is 3. The number of ether oxygens (including phenoxy) is 1. The van der Waals surface area contributed by atoms with Crippen molar-refractivity contribution in [3.05, 3.63) is 106 Å². The molecule has 1 saturated heterocycles. The van der Waals surface area contributed by atoms with Gasteiger partial charge in [0.15, 0.2) is 5.78 Å². The summed E-state index contributed by atoms with van der Waals surface area (Å²) in [5.41, 5.74) is 4.01. The van der Waals surface area contributed by atoms with Crippen LogP contribution in [0.4, 0.5) is 4.79 Å². The van der Waals surface area contributed by atoms with Crippen molar-refractivity contribution in [1.29, 1.82) is 0 Å². The van der Waals surface area contributed by atoms with Gasteiger partial charge in [0.05, 0.1) is 11.3 Å². The van der Waals surface area contributed by atoms with Crippen molar-refractivity contribution in [3.8, 4) is 5.75 Å². The average molecular weight is 492 g/mol. The molecular formula is C29H21N3O5. The number of hydrogen-bond donors (Lipinski definition) is 1. The summed E-state index contributed by atoms with van der Waals surface area (Å²) < 4.78 is 5.64. The Morgan fingerprint density at radius 2 is 1.65 bits per heavy atom. The SMILES string of the molecule is Cc1ccc(C(=O)Oc2cccc(C3C4=C(N=C5C3C(=O)NC(=O)N5C)c3ccccc3C4=O)c2)cc1. The molecule has 2 aliphatic heterocycles. The number of Topliss-reactive ketones (excluding diaryl/α,β-unsaturated/α-hetero) is 1. The third kappa shape index (κ3) is 3.57. The van der Waals surface area contributed by atoms with Crippen molar-refractivity contribution in [1.82, 2.24) is 10.2 Å². The number of nitrogens with zero attached hydrogens (tertiary/aromatic N) is 2. The van der Waals surface area contributed by atoms with Crippen LogP contribution in [0, 0.1) is 12.8 Å². The second-order valence-corrected chi connectivity index (χ2v) is 9.24. The number of nitrogens with one attached hydrogen (secondary N) is 1. The van der Waals surface area contributed by atoms with E-state index in [0.717, 1.165) is 5.56 Å². The van der Waals surface area contributed by atoms with E-state index in [1.165, 1.54) is 4.90 Å². The molecule has 1 aliphatic carbocycles. The van der Waals surface area contributed by atoms with Crippen LogP contribution < -0.4 is 10.1 Å². The number of amides is 3. The normalized spacial score (nSPS) is 20.1. The Morgan fingerprint density at radius 1 is 0.919 bits per heavy atom. The Hall–Kier alpha value is -4.85. The smallest absolute Gasteiger partial charge is 0.343 e. The fourth-order valence-corrected chi connectivity index (χ4v) is 5.10. The van der Waals surface area contributed by atoms with Gasteiger partial charge in [-0.15, -0.1) is 0 Å².